The molecule has 1 aromatic carbocycles. The average Bonchev–Trinajstić information content (AvgIpc) is 2.16. The van der Waals surface area contributed by atoms with Gasteiger partial charge in [0.2, 0.25) is 0 Å². The van der Waals surface area contributed by atoms with Crippen LogP contribution in [0.5, 0.6) is 0 Å². The lowest BCUT2D eigenvalue weighted by molar-refractivity contribution is -0.131. The van der Waals surface area contributed by atoms with Gasteiger partial charge < -0.3 is 5.11 Å². The third kappa shape index (κ3) is 3.13. The maximum absolute atomic E-state index is 10.6. The molecule has 0 bridgehead atoms. The molecule has 0 atom stereocenters. The monoisotopic (exact) mass is 222 g/mol. The van der Waals surface area contributed by atoms with Crippen molar-refractivity contribution < 1.29 is 9.90 Å². The second-order valence-electron chi connectivity index (χ2n) is 3.37. The van der Waals surface area contributed by atoms with E-state index in [1.54, 1.807) is 11.8 Å². The first-order valence-corrected chi connectivity index (χ1v) is 5.83. The number of hydrogen-bond acceptors (Lipinski definition) is 2. The smallest absolute Gasteiger partial charge is 0.328 e. The van der Waals surface area contributed by atoms with E-state index >= 15 is 0 Å². The second kappa shape index (κ2) is 5.03. The van der Waals surface area contributed by atoms with Crippen molar-refractivity contribution in [1.82, 2.24) is 0 Å². The molecule has 1 rings (SSSR count). The predicted octanol–water partition coefficient (Wildman–Crippen LogP) is 3.20. The van der Waals surface area contributed by atoms with E-state index in [0.29, 0.717) is 0 Å². The summed E-state index contributed by atoms with van der Waals surface area (Å²) >= 11 is 1.63. The highest BCUT2D eigenvalue weighted by molar-refractivity contribution is 7.98. The van der Waals surface area contributed by atoms with Gasteiger partial charge in [-0.05, 0) is 37.3 Å². The Balaban J connectivity index is 3.22. The largest absolute Gasteiger partial charge is 0.478 e. The summed E-state index contributed by atoms with van der Waals surface area (Å²) in [6.45, 7) is 3.82. The van der Waals surface area contributed by atoms with E-state index in [2.05, 4.69) is 0 Å². The van der Waals surface area contributed by atoms with Crippen molar-refractivity contribution in [2.45, 2.75) is 18.7 Å². The van der Waals surface area contributed by atoms with Crippen LogP contribution in [0.4, 0.5) is 0 Å². The molecule has 0 unspecified atom stereocenters. The average molecular weight is 222 g/mol. The highest BCUT2D eigenvalue weighted by atomic mass is 32.2. The number of thioether (sulfide) groups is 1. The second-order valence-corrected chi connectivity index (χ2v) is 4.22. The van der Waals surface area contributed by atoms with Crippen LogP contribution < -0.4 is 0 Å². The summed E-state index contributed by atoms with van der Waals surface area (Å²) in [7, 11) is 0. The standard InChI is InChI=1S/C12H14O2S/c1-8-4-5-11(15-3)10(6-8)9(2)7-12(13)14/h4-7H,1-3H3,(H,13,14). The van der Waals surface area contributed by atoms with Gasteiger partial charge in [0, 0.05) is 11.0 Å². The van der Waals surface area contributed by atoms with Crippen molar-refractivity contribution in [1.29, 1.82) is 0 Å². The molecule has 3 heteroatoms. The summed E-state index contributed by atoms with van der Waals surface area (Å²) < 4.78 is 0. The van der Waals surface area contributed by atoms with Crippen molar-refractivity contribution in [3.05, 3.63) is 35.4 Å². The Kier molecular flexibility index (Phi) is 3.97. The van der Waals surface area contributed by atoms with E-state index in [4.69, 9.17) is 5.11 Å². The van der Waals surface area contributed by atoms with E-state index in [1.807, 2.05) is 38.3 Å². The molecule has 0 amide bonds. The van der Waals surface area contributed by atoms with Crippen LogP contribution >= 0.6 is 11.8 Å². The minimum absolute atomic E-state index is 0.788. The van der Waals surface area contributed by atoms with Gasteiger partial charge in [0.25, 0.3) is 0 Å². The Labute approximate surface area is 94.0 Å². The summed E-state index contributed by atoms with van der Waals surface area (Å²) in [6.07, 6.45) is 3.23. The molecule has 0 aromatic heterocycles. The quantitative estimate of drug-likeness (QED) is 0.630. The molecule has 0 radical (unpaired) electrons. The number of allylic oxidation sites excluding steroid dienone is 1. The van der Waals surface area contributed by atoms with Gasteiger partial charge in [-0.1, -0.05) is 17.7 Å². The molecule has 0 saturated heterocycles. The highest BCUT2D eigenvalue weighted by Gasteiger charge is 2.05. The van der Waals surface area contributed by atoms with Gasteiger partial charge in [0.15, 0.2) is 0 Å². The predicted molar refractivity (Wildman–Crippen MR) is 64.2 cm³/mol. The van der Waals surface area contributed by atoms with Crippen molar-refractivity contribution in [3.8, 4) is 0 Å². The lowest BCUT2D eigenvalue weighted by atomic mass is 10.0. The zero-order valence-corrected chi connectivity index (χ0v) is 9.89. The van der Waals surface area contributed by atoms with Gasteiger partial charge in [0.05, 0.1) is 0 Å². The molecule has 0 aliphatic carbocycles. The first-order valence-electron chi connectivity index (χ1n) is 4.61. The fourth-order valence-electron chi connectivity index (χ4n) is 1.39. The van der Waals surface area contributed by atoms with Crippen LogP contribution in [-0.2, 0) is 4.79 Å². The maximum Gasteiger partial charge on any atom is 0.328 e. The van der Waals surface area contributed by atoms with Gasteiger partial charge >= 0.3 is 5.97 Å². The summed E-state index contributed by atoms with van der Waals surface area (Å²) in [5, 5.41) is 8.69. The molecule has 0 heterocycles. The SMILES string of the molecule is CSc1ccc(C)cc1C(C)=CC(=O)O. The molecule has 0 spiro atoms. The van der Waals surface area contributed by atoms with Crippen LogP contribution in [0.3, 0.4) is 0 Å². The van der Waals surface area contributed by atoms with Gasteiger partial charge in [-0.3, -0.25) is 0 Å². The van der Waals surface area contributed by atoms with Crippen LogP contribution in [0.25, 0.3) is 5.57 Å². The number of benzene rings is 1. The van der Waals surface area contributed by atoms with Gasteiger partial charge in [-0.15, -0.1) is 11.8 Å². The third-order valence-electron chi connectivity index (χ3n) is 2.12. The molecule has 0 aliphatic rings. The normalized spacial score (nSPS) is 11.5. The van der Waals surface area contributed by atoms with Crippen LogP contribution in [-0.4, -0.2) is 17.3 Å². The number of carboxylic acids is 1. The molecule has 1 aromatic rings. The van der Waals surface area contributed by atoms with Crippen LogP contribution in [0.15, 0.2) is 29.2 Å². The van der Waals surface area contributed by atoms with Gasteiger partial charge in [-0.25, -0.2) is 4.79 Å². The molecule has 0 fully saturated rings. The number of rotatable bonds is 3. The third-order valence-corrected chi connectivity index (χ3v) is 2.92. The van der Waals surface area contributed by atoms with E-state index < -0.39 is 5.97 Å². The fourth-order valence-corrected chi connectivity index (χ4v) is 2.04. The minimum Gasteiger partial charge on any atom is -0.478 e. The topological polar surface area (TPSA) is 37.3 Å². The molecule has 80 valence electrons. The fraction of sp³-hybridized carbons (Fsp3) is 0.250. The van der Waals surface area contributed by atoms with E-state index in [1.165, 1.54) is 6.08 Å². The molecule has 2 nitrogen and oxygen atoms in total. The minimum atomic E-state index is -0.902. The van der Waals surface area contributed by atoms with Crippen molar-refractivity contribution >= 4 is 23.3 Å². The molecule has 1 N–H and O–H groups in total. The molecule has 0 saturated carbocycles. The van der Waals surface area contributed by atoms with Crippen molar-refractivity contribution in [3.63, 3.8) is 0 Å². The zero-order valence-electron chi connectivity index (χ0n) is 9.07. The van der Waals surface area contributed by atoms with Gasteiger partial charge in [0.1, 0.15) is 0 Å². The Morgan fingerprint density at radius 1 is 1.47 bits per heavy atom. The molecule has 15 heavy (non-hydrogen) atoms. The van der Waals surface area contributed by atoms with Crippen LogP contribution in [0.1, 0.15) is 18.1 Å². The van der Waals surface area contributed by atoms with Gasteiger partial charge in [-0.2, -0.15) is 0 Å². The number of aliphatic carboxylic acids is 1. The zero-order chi connectivity index (χ0) is 11.4. The molecular formula is C12H14O2S. The molecule has 0 aliphatic heterocycles. The number of aryl methyl sites for hydroxylation is 1. The summed E-state index contributed by atoms with van der Waals surface area (Å²) in [5.74, 6) is -0.902. The summed E-state index contributed by atoms with van der Waals surface area (Å²) in [6, 6.07) is 6.07. The van der Waals surface area contributed by atoms with E-state index in [9.17, 15) is 4.79 Å². The summed E-state index contributed by atoms with van der Waals surface area (Å²) in [5.41, 5.74) is 2.93. The number of carboxylic acid groups (broad SMARTS) is 1. The lowest BCUT2D eigenvalue weighted by Crippen LogP contribution is -1.92. The number of carbonyl (C=O) groups is 1. The summed E-state index contributed by atoms with van der Waals surface area (Å²) in [4.78, 5) is 11.7. The number of hydrogen-bond donors (Lipinski definition) is 1. The maximum atomic E-state index is 10.6. The Morgan fingerprint density at radius 3 is 2.67 bits per heavy atom. The van der Waals surface area contributed by atoms with Crippen LogP contribution in [0.2, 0.25) is 0 Å². The first-order chi connectivity index (χ1) is 7.04. The van der Waals surface area contributed by atoms with Crippen molar-refractivity contribution in [2.75, 3.05) is 6.26 Å². The first kappa shape index (κ1) is 11.9. The Bertz CT molecular complexity index is 408. The van der Waals surface area contributed by atoms with E-state index in [-0.39, 0.29) is 0 Å². The van der Waals surface area contributed by atoms with Crippen molar-refractivity contribution in [2.24, 2.45) is 0 Å². The Morgan fingerprint density at radius 2 is 2.13 bits per heavy atom. The Hall–Kier alpha value is -1.22. The van der Waals surface area contributed by atoms with Crippen LogP contribution in [0, 0.1) is 6.92 Å². The molecular weight excluding hydrogens is 208 g/mol. The van der Waals surface area contributed by atoms with E-state index in [0.717, 1.165) is 21.6 Å². The lowest BCUT2D eigenvalue weighted by Gasteiger charge is -2.08. The highest BCUT2D eigenvalue weighted by Crippen LogP contribution is 2.27.